The van der Waals surface area contributed by atoms with Crippen molar-refractivity contribution >= 4 is 50.2 Å². The Bertz CT molecular complexity index is 491. The average Bonchev–Trinajstić information content (AvgIpc) is 2.44. The second kappa shape index (κ2) is 5.49. The molecule has 1 aromatic heterocycles. The summed E-state index contributed by atoms with van der Waals surface area (Å²) in [5, 5.41) is 0. The number of Topliss-reactive ketones (excluding diaryl/α,β-unsaturated/α-hetero) is 1. The molecule has 0 fully saturated rings. The van der Waals surface area contributed by atoms with Gasteiger partial charge in [-0.25, -0.2) is 8.42 Å². The van der Waals surface area contributed by atoms with E-state index in [2.05, 4.69) is 0 Å². The molecular weight excluding hydrogens is 291 g/mol. The Morgan fingerprint density at radius 3 is 2.50 bits per heavy atom. The summed E-state index contributed by atoms with van der Waals surface area (Å²) in [7, 11) is -3.33. The van der Waals surface area contributed by atoms with E-state index in [0.29, 0.717) is 10.8 Å². The molecule has 0 aliphatic rings. The molecule has 0 aliphatic carbocycles. The van der Waals surface area contributed by atoms with E-state index in [1.54, 1.807) is 6.92 Å². The van der Waals surface area contributed by atoms with Crippen molar-refractivity contribution in [1.82, 2.24) is 0 Å². The highest BCUT2D eigenvalue weighted by molar-refractivity contribution is 7.92. The SMILES string of the molecule is CCCS(=O)(=O)CC(=O)c1cc(Cl)sc1Cl. The lowest BCUT2D eigenvalue weighted by Crippen LogP contribution is -2.18. The summed E-state index contributed by atoms with van der Waals surface area (Å²) in [5.74, 6) is -0.997. The lowest BCUT2D eigenvalue weighted by Gasteiger charge is -2.00. The molecule has 0 radical (unpaired) electrons. The highest BCUT2D eigenvalue weighted by atomic mass is 35.5. The smallest absolute Gasteiger partial charge is 0.180 e. The first-order chi connectivity index (χ1) is 7.35. The normalized spacial score (nSPS) is 11.7. The van der Waals surface area contributed by atoms with Crippen molar-refractivity contribution in [3.63, 3.8) is 0 Å². The van der Waals surface area contributed by atoms with Crippen LogP contribution >= 0.6 is 34.5 Å². The van der Waals surface area contributed by atoms with E-state index in [0.717, 1.165) is 11.3 Å². The van der Waals surface area contributed by atoms with E-state index in [1.165, 1.54) is 6.07 Å². The zero-order valence-electron chi connectivity index (χ0n) is 8.50. The van der Waals surface area contributed by atoms with Crippen molar-refractivity contribution in [3.8, 4) is 0 Å². The van der Waals surface area contributed by atoms with Crippen molar-refractivity contribution < 1.29 is 13.2 Å². The fourth-order valence-corrected chi connectivity index (χ4v) is 4.01. The highest BCUT2D eigenvalue weighted by Crippen LogP contribution is 2.31. The molecule has 0 atom stereocenters. The van der Waals surface area contributed by atoms with Crippen LogP contribution in [-0.4, -0.2) is 25.7 Å². The van der Waals surface area contributed by atoms with Crippen LogP contribution in [-0.2, 0) is 9.84 Å². The van der Waals surface area contributed by atoms with E-state index in [4.69, 9.17) is 23.2 Å². The number of halogens is 2. The Balaban J connectivity index is 2.85. The molecule has 0 amide bonds. The first-order valence-corrected chi connectivity index (χ1v) is 7.93. The van der Waals surface area contributed by atoms with Crippen LogP contribution in [0.4, 0.5) is 0 Å². The number of thiophene rings is 1. The molecule has 0 unspecified atom stereocenters. The molecule has 1 aromatic rings. The van der Waals surface area contributed by atoms with Crippen LogP contribution in [0.3, 0.4) is 0 Å². The second-order valence-electron chi connectivity index (χ2n) is 3.25. The molecule has 16 heavy (non-hydrogen) atoms. The van der Waals surface area contributed by atoms with Crippen LogP contribution in [0.15, 0.2) is 6.07 Å². The number of hydrogen-bond acceptors (Lipinski definition) is 4. The van der Waals surface area contributed by atoms with E-state index in [-0.39, 0.29) is 15.7 Å². The molecule has 0 bridgehead atoms. The van der Waals surface area contributed by atoms with Crippen molar-refractivity contribution in [1.29, 1.82) is 0 Å². The van der Waals surface area contributed by atoms with Gasteiger partial charge in [-0.3, -0.25) is 4.79 Å². The lowest BCUT2D eigenvalue weighted by atomic mass is 10.2. The monoisotopic (exact) mass is 300 g/mol. The largest absolute Gasteiger partial charge is 0.293 e. The van der Waals surface area contributed by atoms with Crippen LogP contribution in [0.5, 0.6) is 0 Å². The Hall–Kier alpha value is -0.100. The maximum Gasteiger partial charge on any atom is 0.180 e. The molecule has 7 heteroatoms. The van der Waals surface area contributed by atoms with Crippen molar-refractivity contribution in [2.75, 3.05) is 11.5 Å². The quantitative estimate of drug-likeness (QED) is 0.785. The van der Waals surface area contributed by atoms with Gasteiger partial charge in [0.2, 0.25) is 0 Å². The third-order valence-corrected chi connectivity index (χ3v) is 5.04. The van der Waals surface area contributed by atoms with Gasteiger partial charge in [-0.2, -0.15) is 0 Å². The highest BCUT2D eigenvalue weighted by Gasteiger charge is 2.20. The minimum absolute atomic E-state index is 0.00816. The summed E-state index contributed by atoms with van der Waals surface area (Å²) in [6.07, 6.45) is 0.494. The van der Waals surface area contributed by atoms with Crippen LogP contribution < -0.4 is 0 Å². The lowest BCUT2D eigenvalue weighted by molar-refractivity contribution is 0.102. The molecule has 0 saturated carbocycles. The van der Waals surface area contributed by atoms with Gasteiger partial charge in [0, 0.05) is 5.56 Å². The van der Waals surface area contributed by atoms with Crippen LogP contribution in [0.2, 0.25) is 8.67 Å². The van der Waals surface area contributed by atoms with Gasteiger partial charge in [0.1, 0.15) is 10.1 Å². The third kappa shape index (κ3) is 3.73. The number of carbonyl (C=O) groups is 1. The molecular formula is C9H10Cl2O3S2. The minimum atomic E-state index is -3.33. The summed E-state index contributed by atoms with van der Waals surface area (Å²) < 4.78 is 23.5. The average molecular weight is 301 g/mol. The molecule has 0 spiro atoms. The maximum atomic E-state index is 11.7. The molecule has 1 heterocycles. The molecule has 0 saturated heterocycles. The number of rotatable bonds is 5. The fraction of sp³-hybridized carbons (Fsp3) is 0.444. The molecule has 0 aromatic carbocycles. The van der Waals surface area contributed by atoms with Gasteiger partial charge in [-0.1, -0.05) is 30.1 Å². The van der Waals surface area contributed by atoms with Crippen molar-refractivity contribution in [3.05, 3.63) is 20.3 Å². The van der Waals surface area contributed by atoms with Crippen molar-refractivity contribution in [2.45, 2.75) is 13.3 Å². The van der Waals surface area contributed by atoms with E-state index in [9.17, 15) is 13.2 Å². The minimum Gasteiger partial charge on any atom is -0.293 e. The first-order valence-electron chi connectivity index (χ1n) is 4.54. The van der Waals surface area contributed by atoms with Gasteiger partial charge < -0.3 is 0 Å². The summed E-state index contributed by atoms with van der Waals surface area (Å²) in [5.41, 5.74) is 0.191. The van der Waals surface area contributed by atoms with Crippen LogP contribution in [0.25, 0.3) is 0 Å². The molecule has 0 N–H and O–H groups in total. The summed E-state index contributed by atoms with van der Waals surface area (Å²) in [4.78, 5) is 11.7. The van der Waals surface area contributed by atoms with Crippen LogP contribution in [0, 0.1) is 0 Å². The third-order valence-electron chi connectivity index (χ3n) is 1.82. The van der Waals surface area contributed by atoms with Gasteiger partial charge in [0.25, 0.3) is 0 Å². The second-order valence-corrected chi connectivity index (χ2v) is 7.72. The summed E-state index contributed by atoms with van der Waals surface area (Å²) >= 11 is 12.5. The maximum absolute atomic E-state index is 11.7. The van der Waals surface area contributed by atoms with E-state index in [1.807, 2.05) is 0 Å². The number of hydrogen-bond donors (Lipinski definition) is 0. The van der Waals surface area contributed by atoms with Gasteiger partial charge in [0.05, 0.1) is 10.1 Å². The van der Waals surface area contributed by atoms with E-state index >= 15 is 0 Å². The van der Waals surface area contributed by atoms with Gasteiger partial charge in [-0.05, 0) is 12.5 Å². The Morgan fingerprint density at radius 2 is 2.06 bits per heavy atom. The molecule has 90 valence electrons. The Labute approximate surface area is 108 Å². The molecule has 1 rings (SSSR count). The standard InChI is InChI=1S/C9H10Cl2O3S2/c1-2-3-16(13,14)5-7(12)6-4-8(10)15-9(6)11/h4H,2-3,5H2,1H3. The Morgan fingerprint density at radius 1 is 1.44 bits per heavy atom. The van der Waals surface area contributed by atoms with Crippen LogP contribution in [0.1, 0.15) is 23.7 Å². The zero-order valence-corrected chi connectivity index (χ0v) is 11.6. The van der Waals surface area contributed by atoms with Gasteiger partial charge in [-0.15, -0.1) is 11.3 Å². The first kappa shape index (κ1) is 14.0. The number of sulfone groups is 1. The predicted molar refractivity (Wildman–Crippen MR) is 67.6 cm³/mol. The number of carbonyl (C=O) groups excluding carboxylic acids is 1. The topological polar surface area (TPSA) is 51.2 Å². The summed E-state index contributed by atoms with van der Waals surface area (Å²) in [6, 6.07) is 1.40. The fourth-order valence-electron chi connectivity index (χ4n) is 1.19. The number of ketones is 1. The van der Waals surface area contributed by atoms with Gasteiger partial charge >= 0.3 is 0 Å². The molecule has 3 nitrogen and oxygen atoms in total. The zero-order chi connectivity index (χ0) is 12.3. The van der Waals surface area contributed by atoms with Crippen molar-refractivity contribution in [2.24, 2.45) is 0 Å². The Kier molecular flexibility index (Phi) is 4.79. The molecule has 0 aliphatic heterocycles. The van der Waals surface area contributed by atoms with E-state index < -0.39 is 21.4 Å². The summed E-state index contributed by atoms with van der Waals surface area (Å²) in [6.45, 7) is 1.75. The predicted octanol–water partition coefficient (Wildman–Crippen LogP) is 3.06. The van der Waals surface area contributed by atoms with Gasteiger partial charge in [0.15, 0.2) is 15.6 Å².